The number of aliphatic hydroxyl groups excluding tert-OH is 1. The molecule has 0 spiro atoms. The molecule has 2 N–H and O–H groups in total. The third kappa shape index (κ3) is 2.03. The molecule has 0 bridgehead atoms. The molecule has 1 atom stereocenters. The molecule has 0 saturated heterocycles. The van der Waals surface area contributed by atoms with E-state index >= 15 is 0 Å². The maximum atomic E-state index is 12.9. The van der Waals surface area contributed by atoms with Crippen LogP contribution in [0.25, 0.3) is 0 Å². The normalized spacial score (nSPS) is 15.7. The van der Waals surface area contributed by atoms with Crippen LogP contribution < -0.4 is 0 Å². The van der Waals surface area contributed by atoms with Gasteiger partial charge in [0.15, 0.2) is 0 Å². The van der Waals surface area contributed by atoms with Crippen LogP contribution in [-0.2, 0) is 11.4 Å². The molecule has 1 aromatic carbocycles. The van der Waals surface area contributed by atoms with Gasteiger partial charge in [-0.1, -0.05) is 24.3 Å². The van der Waals surface area contributed by atoms with Gasteiger partial charge in [0, 0.05) is 5.56 Å². The van der Waals surface area contributed by atoms with Crippen molar-refractivity contribution in [1.82, 2.24) is 0 Å². The van der Waals surface area contributed by atoms with Crippen LogP contribution in [0.15, 0.2) is 24.3 Å². The van der Waals surface area contributed by atoms with Gasteiger partial charge in [0.2, 0.25) is 0 Å². The topological polar surface area (TPSA) is 40.5 Å². The van der Waals surface area contributed by atoms with E-state index in [1.165, 1.54) is 6.07 Å². The van der Waals surface area contributed by atoms with E-state index in [0.717, 1.165) is 0 Å². The van der Waals surface area contributed by atoms with Gasteiger partial charge in [-0.15, -0.1) is 0 Å². The molecule has 1 aromatic rings. The molecule has 12 heavy (non-hydrogen) atoms. The van der Waals surface area contributed by atoms with Crippen molar-refractivity contribution in [2.45, 2.75) is 11.4 Å². The second-order valence-corrected chi connectivity index (χ2v) is 3.41. The number of hydrogen-bond donors (Lipinski definition) is 2. The number of alkyl halides is 2. The zero-order valence-electron chi connectivity index (χ0n) is 6.17. The smallest absolute Gasteiger partial charge is 0.289 e. The fourth-order valence-electron chi connectivity index (χ4n) is 0.952. The Labute approximate surface area is 77.8 Å². The monoisotopic (exact) mass is 234 g/mol. The summed E-state index contributed by atoms with van der Waals surface area (Å²) < 4.78 is 10.4. The van der Waals surface area contributed by atoms with Crippen molar-refractivity contribution in [3.05, 3.63) is 35.4 Å². The van der Waals surface area contributed by atoms with Gasteiger partial charge in [0.1, 0.15) is 0 Å². The lowest BCUT2D eigenvalue weighted by molar-refractivity contribution is 0.00612. The van der Waals surface area contributed by atoms with E-state index in [1.807, 2.05) is 0 Å². The van der Waals surface area contributed by atoms with Crippen molar-refractivity contribution in [1.29, 1.82) is 0 Å². The summed E-state index contributed by atoms with van der Waals surface area (Å²) in [6.07, 6.45) is 0. The summed E-state index contributed by atoms with van der Waals surface area (Å²) >= 11 is 2.46. The van der Waals surface area contributed by atoms with Crippen LogP contribution in [0.2, 0.25) is 0 Å². The summed E-state index contributed by atoms with van der Waals surface area (Å²) in [6.45, 7) is -0.298. The molecule has 1 unspecified atom stereocenters. The quantitative estimate of drug-likeness (QED) is 0.765. The van der Waals surface area contributed by atoms with E-state index in [9.17, 15) is 4.39 Å². The zero-order valence-corrected chi connectivity index (χ0v) is 7.75. The molecule has 0 fully saturated rings. The average Bonchev–Trinajstić information content (AvgIpc) is 2.03. The summed E-state index contributed by atoms with van der Waals surface area (Å²) in [5.41, 5.74) is 0.395. The van der Waals surface area contributed by atoms with Crippen molar-refractivity contribution < 1.29 is 14.6 Å². The van der Waals surface area contributed by atoms with Crippen molar-refractivity contribution in [2.24, 2.45) is 0 Å². The molecule has 0 aromatic heterocycles. The first-order chi connectivity index (χ1) is 5.55. The summed E-state index contributed by atoms with van der Waals surface area (Å²) in [5.74, 6) is 0. The molecule has 4 heteroatoms. The van der Waals surface area contributed by atoms with Gasteiger partial charge >= 0.3 is 0 Å². The van der Waals surface area contributed by atoms with E-state index in [2.05, 4.69) is 15.9 Å². The highest BCUT2D eigenvalue weighted by molar-refractivity contribution is 9.09. The minimum absolute atomic E-state index is 0.0347. The maximum absolute atomic E-state index is 12.9. The fourth-order valence-corrected chi connectivity index (χ4v) is 1.34. The van der Waals surface area contributed by atoms with E-state index in [0.29, 0.717) is 5.56 Å². The van der Waals surface area contributed by atoms with E-state index < -0.39 is 4.76 Å². The summed E-state index contributed by atoms with van der Waals surface area (Å²) in [7, 11) is 0. The van der Waals surface area contributed by atoms with Crippen LogP contribution in [0.3, 0.4) is 0 Å². The fraction of sp³-hybridized carbons (Fsp3) is 0.250. The van der Waals surface area contributed by atoms with Gasteiger partial charge < -0.3 is 10.2 Å². The molecular formula is C8H8BrFO2. The number of halogens is 2. The second-order valence-electron chi connectivity index (χ2n) is 2.36. The number of aliphatic hydroxyl groups is 2. The number of rotatable bonds is 2. The lowest BCUT2D eigenvalue weighted by Gasteiger charge is -2.14. The summed E-state index contributed by atoms with van der Waals surface area (Å²) in [6, 6.07) is 6.19. The molecule has 0 aliphatic carbocycles. The van der Waals surface area contributed by atoms with Gasteiger partial charge in [-0.25, -0.2) is 0 Å². The van der Waals surface area contributed by atoms with E-state index in [-0.39, 0.29) is 12.2 Å². The SMILES string of the molecule is OCc1ccccc1C(O)(F)Br. The Morgan fingerprint density at radius 2 is 2.00 bits per heavy atom. The Morgan fingerprint density at radius 3 is 2.42 bits per heavy atom. The summed E-state index contributed by atoms with van der Waals surface area (Å²) in [4.78, 5) is 0. The van der Waals surface area contributed by atoms with Crippen LogP contribution in [0.4, 0.5) is 4.39 Å². The predicted octanol–water partition coefficient (Wildman–Crippen LogP) is 1.65. The molecular weight excluding hydrogens is 227 g/mol. The van der Waals surface area contributed by atoms with Gasteiger partial charge in [-0.05, 0) is 21.5 Å². The predicted molar refractivity (Wildman–Crippen MR) is 46.3 cm³/mol. The van der Waals surface area contributed by atoms with Gasteiger partial charge in [-0.3, -0.25) is 0 Å². The molecule has 66 valence electrons. The molecule has 0 heterocycles. The molecule has 1 rings (SSSR count). The molecule has 0 amide bonds. The van der Waals surface area contributed by atoms with Gasteiger partial charge in [-0.2, -0.15) is 4.39 Å². The molecule has 0 aliphatic heterocycles. The van der Waals surface area contributed by atoms with Crippen LogP contribution in [0.5, 0.6) is 0 Å². The highest BCUT2D eigenvalue weighted by Crippen LogP contribution is 2.31. The number of benzene rings is 1. The van der Waals surface area contributed by atoms with Crippen molar-refractivity contribution >= 4 is 15.9 Å². The first kappa shape index (κ1) is 9.64. The zero-order chi connectivity index (χ0) is 9.19. The standard InChI is InChI=1S/C8H8BrFO2/c9-8(10,12)7-4-2-1-3-6(7)5-11/h1-4,11-12H,5H2. The second kappa shape index (κ2) is 3.51. The van der Waals surface area contributed by atoms with Crippen molar-refractivity contribution in [3.8, 4) is 0 Å². The molecule has 2 nitrogen and oxygen atoms in total. The first-order valence-corrected chi connectivity index (χ1v) is 4.14. The van der Waals surface area contributed by atoms with Crippen LogP contribution in [0, 0.1) is 0 Å². The Kier molecular flexibility index (Phi) is 2.82. The van der Waals surface area contributed by atoms with Crippen molar-refractivity contribution in [3.63, 3.8) is 0 Å². The average molecular weight is 235 g/mol. The lowest BCUT2D eigenvalue weighted by atomic mass is 10.1. The molecule has 0 saturated carbocycles. The first-order valence-electron chi connectivity index (χ1n) is 3.35. The number of hydrogen-bond acceptors (Lipinski definition) is 2. The Morgan fingerprint density at radius 1 is 1.42 bits per heavy atom. The Hall–Kier alpha value is -0.450. The van der Waals surface area contributed by atoms with Crippen LogP contribution in [-0.4, -0.2) is 10.2 Å². The molecule has 0 radical (unpaired) electrons. The van der Waals surface area contributed by atoms with Gasteiger partial charge in [0.05, 0.1) is 6.61 Å². The maximum Gasteiger partial charge on any atom is 0.289 e. The Bertz CT molecular complexity index is 270. The third-order valence-electron chi connectivity index (χ3n) is 1.51. The van der Waals surface area contributed by atoms with Crippen LogP contribution >= 0.6 is 15.9 Å². The summed E-state index contributed by atoms with van der Waals surface area (Å²) in [5, 5.41) is 17.7. The van der Waals surface area contributed by atoms with E-state index in [1.54, 1.807) is 18.2 Å². The van der Waals surface area contributed by atoms with E-state index in [4.69, 9.17) is 10.2 Å². The lowest BCUT2D eigenvalue weighted by Crippen LogP contribution is -2.12. The largest absolute Gasteiger partial charge is 0.392 e. The third-order valence-corrected chi connectivity index (χ3v) is 1.94. The van der Waals surface area contributed by atoms with Crippen LogP contribution in [0.1, 0.15) is 11.1 Å². The Balaban J connectivity index is 3.14. The van der Waals surface area contributed by atoms with Crippen molar-refractivity contribution in [2.75, 3.05) is 0 Å². The highest BCUT2D eigenvalue weighted by Gasteiger charge is 2.26. The minimum Gasteiger partial charge on any atom is -0.392 e. The highest BCUT2D eigenvalue weighted by atomic mass is 79.9. The molecule has 0 aliphatic rings. The van der Waals surface area contributed by atoms with Gasteiger partial charge in [0.25, 0.3) is 4.76 Å². The minimum atomic E-state index is -2.56.